The lowest BCUT2D eigenvalue weighted by molar-refractivity contribution is 0.481. The predicted molar refractivity (Wildman–Crippen MR) is 54.4 cm³/mol. The largest absolute Gasteiger partial charge is 0.312 e. The molecule has 0 heterocycles. The highest BCUT2D eigenvalue weighted by Gasteiger charge is 2.22. The number of rotatable bonds is 7. The van der Waals surface area contributed by atoms with Crippen LogP contribution in [-0.4, -0.2) is 12.1 Å². The molecule has 0 aromatic carbocycles. The molecule has 0 aromatic rings. The first-order valence-corrected chi connectivity index (χ1v) is 5.59. The first kappa shape index (κ1) is 10.0. The lowest BCUT2D eigenvalue weighted by Crippen LogP contribution is -2.27. The molecule has 0 aliphatic heterocycles. The normalized spacial score (nSPS) is 19.5. The van der Waals surface area contributed by atoms with Crippen LogP contribution in [-0.2, 0) is 0 Å². The van der Waals surface area contributed by atoms with Gasteiger partial charge >= 0.3 is 0 Å². The van der Waals surface area contributed by atoms with Gasteiger partial charge in [0.15, 0.2) is 0 Å². The first-order chi connectivity index (χ1) is 5.83. The summed E-state index contributed by atoms with van der Waals surface area (Å²) in [6, 6.07) is 1.64. The zero-order chi connectivity index (χ0) is 8.81. The van der Waals surface area contributed by atoms with Gasteiger partial charge in [-0.3, -0.25) is 0 Å². The summed E-state index contributed by atoms with van der Waals surface area (Å²) < 4.78 is 0. The predicted octanol–water partition coefficient (Wildman–Crippen LogP) is 3.10. The van der Waals surface area contributed by atoms with Crippen molar-refractivity contribution in [2.75, 3.05) is 0 Å². The van der Waals surface area contributed by atoms with E-state index in [1.54, 1.807) is 0 Å². The third-order valence-corrected chi connectivity index (χ3v) is 2.59. The van der Waals surface area contributed by atoms with Crippen molar-refractivity contribution in [3.63, 3.8) is 0 Å². The molecular formula is C11H23N. The minimum Gasteiger partial charge on any atom is -0.312 e. The molecule has 1 aliphatic carbocycles. The Morgan fingerprint density at radius 2 is 2.00 bits per heavy atom. The molecular weight excluding hydrogens is 146 g/mol. The van der Waals surface area contributed by atoms with Crippen LogP contribution in [0.3, 0.4) is 0 Å². The quantitative estimate of drug-likeness (QED) is 0.577. The number of nitrogens with one attached hydrogen (secondary N) is 1. The van der Waals surface area contributed by atoms with E-state index in [4.69, 9.17) is 0 Å². The monoisotopic (exact) mass is 169 g/mol. The van der Waals surface area contributed by atoms with Crippen LogP contribution in [0.2, 0.25) is 0 Å². The zero-order valence-corrected chi connectivity index (χ0v) is 8.60. The van der Waals surface area contributed by atoms with Crippen LogP contribution < -0.4 is 5.32 Å². The molecule has 72 valence electrons. The van der Waals surface area contributed by atoms with Crippen molar-refractivity contribution in [2.45, 2.75) is 70.9 Å². The third kappa shape index (κ3) is 4.76. The van der Waals surface area contributed by atoms with Gasteiger partial charge in [-0.25, -0.2) is 0 Å². The van der Waals surface area contributed by atoms with E-state index in [0.29, 0.717) is 0 Å². The van der Waals surface area contributed by atoms with Gasteiger partial charge in [0.2, 0.25) is 0 Å². The molecule has 1 fully saturated rings. The Balaban J connectivity index is 1.83. The molecule has 1 nitrogen and oxygen atoms in total. The van der Waals surface area contributed by atoms with Gasteiger partial charge in [-0.2, -0.15) is 0 Å². The van der Waals surface area contributed by atoms with E-state index in [1.165, 1.54) is 44.9 Å². The fourth-order valence-corrected chi connectivity index (χ4v) is 1.61. The maximum atomic E-state index is 3.63. The Hall–Kier alpha value is -0.0400. The van der Waals surface area contributed by atoms with E-state index in [1.807, 2.05) is 0 Å². The molecule has 0 bridgehead atoms. The lowest BCUT2D eigenvalue weighted by Gasteiger charge is -2.12. The lowest BCUT2D eigenvalue weighted by atomic mass is 10.1. The topological polar surface area (TPSA) is 12.0 Å². The van der Waals surface area contributed by atoms with Crippen LogP contribution in [0.1, 0.15) is 58.8 Å². The minimum atomic E-state index is 0.759. The van der Waals surface area contributed by atoms with Gasteiger partial charge in [0.1, 0.15) is 0 Å². The van der Waals surface area contributed by atoms with Crippen LogP contribution in [0.4, 0.5) is 0 Å². The second kappa shape index (κ2) is 5.58. The van der Waals surface area contributed by atoms with Crippen LogP contribution >= 0.6 is 0 Å². The molecule has 0 radical (unpaired) electrons. The summed E-state index contributed by atoms with van der Waals surface area (Å²) in [5, 5.41) is 3.63. The molecule has 1 rings (SSSR count). The summed E-state index contributed by atoms with van der Waals surface area (Å²) in [6.45, 7) is 4.59. The maximum absolute atomic E-state index is 3.63. The van der Waals surface area contributed by atoms with Crippen molar-refractivity contribution in [1.29, 1.82) is 0 Å². The van der Waals surface area contributed by atoms with Crippen molar-refractivity contribution in [2.24, 2.45) is 0 Å². The van der Waals surface area contributed by atoms with Gasteiger partial charge < -0.3 is 5.32 Å². The van der Waals surface area contributed by atoms with E-state index in [-0.39, 0.29) is 0 Å². The Labute approximate surface area is 76.9 Å². The van der Waals surface area contributed by atoms with Crippen LogP contribution in [0, 0.1) is 0 Å². The van der Waals surface area contributed by atoms with Gasteiger partial charge in [0.25, 0.3) is 0 Å². The van der Waals surface area contributed by atoms with E-state index < -0.39 is 0 Å². The van der Waals surface area contributed by atoms with Crippen molar-refractivity contribution >= 4 is 0 Å². The van der Waals surface area contributed by atoms with E-state index in [2.05, 4.69) is 19.2 Å². The molecule has 0 spiro atoms. The summed E-state index contributed by atoms with van der Waals surface area (Å²) in [4.78, 5) is 0. The second-order valence-electron chi connectivity index (χ2n) is 4.19. The fourth-order valence-electron chi connectivity index (χ4n) is 1.61. The fraction of sp³-hybridized carbons (Fsp3) is 1.00. The summed E-state index contributed by atoms with van der Waals surface area (Å²) in [6.07, 6.45) is 9.80. The van der Waals surface area contributed by atoms with Gasteiger partial charge in [0.05, 0.1) is 0 Å². The standard InChI is InChI=1S/C11H23N/c1-3-4-5-6-7-10(2)12-11-8-9-11/h10-12H,3-9H2,1-2H3. The number of hydrogen-bond acceptors (Lipinski definition) is 1. The Morgan fingerprint density at radius 1 is 1.25 bits per heavy atom. The average molecular weight is 169 g/mol. The van der Waals surface area contributed by atoms with Crippen LogP contribution in [0.25, 0.3) is 0 Å². The summed E-state index contributed by atoms with van der Waals surface area (Å²) in [7, 11) is 0. The highest BCUT2D eigenvalue weighted by atomic mass is 15.0. The van der Waals surface area contributed by atoms with E-state index >= 15 is 0 Å². The van der Waals surface area contributed by atoms with Crippen molar-refractivity contribution in [1.82, 2.24) is 5.32 Å². The average Bonchev–Trinajstić information content (AvgIpc) is 2.82. The van der Waals surface area contributed by atoms with Crippen molar-refractivity contribution < 1.29 is 0 Å². The van der Waals surface area contributed by atoms with Crippen LogP contribution in [0.15, 0.2) is 0 Å². The summed E-state index contributed by atoms with van der Waals surface area (Å²) >= 11 is 0. The number of unbranched alkanes of at least 4 members (excludes halogenated alkanes) is 3. The van der Waals surface area contributed by atoms with Gasteiger partial charge in [-0.15, -0.1) is 0 Å². The minimum absolute atomic E-state index is 0.759. The highest BCUT2D eigenvalue weighted by molar-refractivity contribution is 4.83. The summed E-state index contributed by atoms with van der Waals surface area (Å²) in [5.41, 5.74) is 0. The van der Waals surface area contributed by atoms with Gasteiger partial charge in [0, 0.05) is 12.1 Å². The molecule has 0 amide bonds. The molecule has 1 aliphatic rings. The molecule has 0 saturated heterocycles. The molecule has 0 aromatic heterocycles. The molecule has 12 heavy (non-hydrogen) atoms. The second-order valence-corrected chi connectivity index (χ2v) is 4.19. The molecule has 1 atom stereocenters. The molecule has 1 unspecified atom stereocenters. The van der Waals surface area contributed by atoms with Gasteiger partial charge in [-0.05, 0) is 26.2 Å². The van der Waals surface area contributed by atoms with Gasteiger partial charge in [-0.1, -0.05) is 32.6 Å². The van der Waals surface area contributed by atoms with Crippen molar-refractivity contribution in [3.8, 4) is 0 Å². The summed E-state index contributed by atoms with van der Waals surface area (Å²) in [5.74, 6) is 0. The van der Waals surface area contributed by atoms with E-state index in [9.17, 15) is 0 Å². The Bertz CT molecular complexity index is 108. The number of hydrogen-bond donors (Lipinski definition) is 1. The Morgan fingerprint density at radius 3 is 2.58 bits per heavy atom. The zero-order valence-electron chi connectivity index (χ0n) is 8.60. The highest BCUT2D eigenvalue weighted by Crippen LogP contribution is 2.20. The molecule has 1 heteroatoms. The van der Waals surface area contributed by atoms with Crippen LogP contribution in [0.5, 0.6) is 0 Å². The Kier molecular flexibility index (Phi) is 4.67. The maximum Gasteiger partial charge on any atom is 0.00706 e. The smallest absolute Gasteiger partial charge is 0.00706 e. The molecule has 1 N–H and O–H groups in total. The van der Waals surface area contributed by atoms with Crippen molar-refractivity contribution in [3.05, 3.63) is 0 Å². The van der Waals surface area contributed by atoms with E-state index in [0.717, 1.165) is 12.1 Å². The SMILES string of the molecule is CCCCCCC(C)NC1CC1. The first-order valence-electron chi connectivity index (χ1n) is 5.59. The third-order valence-electron chi connectivity index (χ3n) is 2.59. The molecule has 1 saturated carbocycles.